The van der Waals surface area contributed by atoms with Crippen LogP contribution in [0.5, 0.6) is 0 Å². The number of hydrogen-bond acceptors (Lipinski definition) is 3. The first-order chi connectivity index (χ1) is 10.9. The van der Waals surface area contributed by atoms with Crippen molar-refractivity contribution in [3.63, 3.8) is 0 Å². The number of Topliss-reactive ketones (excluding diaryl/α,β-unsaturated/α-hetero) is 1. The summed E-state index contributed by atoms with van der Waals surface area (Å²) in [7, 11) is 2.11. The highest BCUT2D eigenvalue weighted by atomic mass is 16.2. The number of amides is 1. The van der Waals surface area contributed by atoms with Crippen molar-refractivity contribution in [2.75, 3.05) is 33.2 Å². The first kappa shape index (κ1) is 22.1. The van der Waals surface area contributed by atoms with Crippen LogP contribution in [-0.2, 0) is 9.59 Å². The fourth-order valence-electron chi connectivity index (χ4n) is 3.09. The molecule has 0 saturated carbocycles. The molecule has 4 heteroatoms. The van der Waals surface area contributed by atoms with Gasteiger partial charge in [0.05, 0.1) is 0 Å². The van der Waals surface area contributed by atoms with Crippen molar-refractivity contribution in [1.29, 1.82) is 0 Å². The second-order valence-electron chi connectivity index (χ2n) is 6.52. The van der Waals surface area contributed by atoms with Crippen molar-refractivity contribution < 1.29 is 9.59 Å². The Morgan fingerprint density at radius 2 is 1.35 bits per heavy atom. The molecule has 0 bridgehead atoms. The summed E-state index contributed by atoms with van der Waals surface area (Å²) in [6.45, 7) is 15.3. The summed E-state index contributed by atoms with van der Waals surface area (Å²) >= 11 is 0. The first-order valence-electron chi connectivity index (χ1n) is 9.41. The Morgan fingerprint density at radius 1 is 0.913 bits per heavy atom. The molecule has 2 aliphatic heterocycles. The average Bonchev–Trinajstić information content (AvgIpc) is 2.59. The molecule has 1 amide bonds. The normalized spacial score (nSPS) is 21.4. The monoisotopic (exact) mass is 326 g/mol. The van der Waals surface area contributed by atoms with Crippen LogP contribution in [0, 0.1) is 11.3 Å². The van der Waals surface area contributed by atoms with Crippen molar-refractivity contribution in [3.05, 3.63) is 0 Å². The Labute approximate surface area is 143 Å². The van der Waals surface area contributed by atoms with Crippen LogP contribution in [0.3, 0.4) is 0 Å². The van der Waals surface area contributed by atoms with Crippen LogP contribution in [0.4, 0.5) is 0 Å². The molecule has 0 unspecified atom stereocenters. The molecule has 0 atom stereocenters. The van der Waals surface area contributed by atoms with Crippen LogP contribution in [0.25, 0.3) is 0 Å². The van der Waals surface area contributed by atoms with Crippen molar-refractivity contribution >= 4 is 11.7 Å². The largest absolute Gasteiger partial charge is 0.342 e. The molecular weight excluding hydrogens is 288 g/mol. The lowest BCUT2D eigenvalue weighted by molar-refractivity contribution is -0.142. The van der Waals surface area contributed by atoms with Gasteiger partial charge in [-0.25, -0.2) is 0 Å². The van der Waals surface area contributed by atoms with Crippen molar-refractivity contribution in [2.45, 2.75) is 67.2 Å². The lowest BCUT2D eigenvalue weighted by Gasteiger charge is -2.40. The van der Waals surface area contributed by atoms with E-state index < -0.39 is 0 Å². The molecule has 2 fully saturated rings. The van der Waals surface area contributed by atoms with Crippen LogP contribution < -0.4 is 0 Å². The molecule has 23 heavy (non-hydrogen) atoms. The van der Waals surface area contributed by atoms with Gasteiger partial charge in [0.1, 0.15) is 5.78 Å². The van der Waals surface area contributed by atoms with Gasteiger partial charge in [0.2, 0.25) is 5.91 Å². The van der Waals surface area contributed by atoms with Gasteiger partial charge in [-0.3, -0.25) is 9.59 Å². The van der Waals surface area contributed by atoms with Gasteiger partial charge in [-0.15, -0.1) is 0 Å². The van der Waals surface area contributed by atoms with Crippen molar-refractivity contribution in [2.24, 2.45) is 11.3 Å². The number of carbonyl (C=O) groups is 2. The minimum atomic E-state index is -0.205. The zero-order valence-corrected chi connectivity index (χ0v) is 16.4. The molecule has 2 rings (SSSR count). The molecule has 0 spiro atoms. The number of hydrogen-bond donors (Lipinski definition) is 0. The van der Waals surface area contributed by atoms with E-state index in [2.05, 4.69) is 11.9 Å². The zero-order chi connectivity index (χ0) is 18.0. The van der Waals surface area contributed by atoms with Crippen molar-refractivity contribution in [3.8, 4) is 0 Å². The fraction of sp³-hybridized carbons (Fsp3) is 0.895. The Morgan fingerprint density at radius 3 is 1.74 bits per heavy atom. The molecule has 2 heterocycles. The highest BCUT2D eigenvalue weighted by Gasteiger charge is 2.37. The van der Waals surface area contributed by atoms with Gasteiger partial charge in [0.25, 0.3) is 0 Å². The van der Waals surface area contributed by atoms with Gasteiger partial charge in [0.15, 0.2) is 0 Å². The molecule has 0 aromatic carbocycles. The van der Waals surface area contributed by atoms with Crippen LogP contribution >= 0.6 is 0 Å². The topological polar surface area (TPSA) is 40.6 Å². The number of likely N-dealkylation sites (tertiary alicyclic amines) is 2. The third-order valence-electron chi connectivity index (χ3n) is 5.10. The molecule has 0 aromatic rings. The lowest BCUT2D eigenvalue weighted by Crippen LogP contribution is -2.48. The third-order valence-corrected chi connectivity index (χ3v) is 5.10. The molecule has 0 aliphatic carbocycles. The predicted molar refractivity (Wildman–Crippen MR) is 97.5 cm³/mol. The molecule has 2 saturated heterocycles. The Kier molecular flexibility index (Phi) is 10.4. The minimum absolute atomic E-state index is 0.205. The summed E-state index contributed by atoms with van der Waals surface area (Å²) in [5.74, 6) is 0.787. The molecule has 4 nitrogen and oxygen atoms in total. The zero-order valence-electron chi connectivity index (χ0n) is 16.4. The summed E-state index contributed by atoms with van der Waals surface area (Å²) in [4.78, 5) is 28.4. The lowest BCUT2D eigenvalue weighted by atomic mass is 9.77. The number of ketones is 1. The van der Waals surface area contributed by atoms with E-state index in [0.29, 0.717) is 5.91 Å². The second-order valence-corrected chi connectivity index (χ2v) is 6.52. The average molecular weight is 327 g/mol. The number of piperidine rings is 2. The third kappa shape index (κ3) is 6.25. The molecule has 0 N–H and O–H groups in total. The highest BCUT2D eigenvalue weighted by molar-refractivity contribution is 5.83. The Hall–Kier alpha value is -0.900. The van der Waals surface area contributed by atoms with E-state index in [4.69, 9.17) is 0 Å². The summed E-state index contributed by atoms with van der Waals surface area (Å²) in [6.07, 6.45) is 3.60. The SMILES string of the molecule is CC.CC.CC(=O)C1(C)CCN(C(=O)C2CCN(C)CC2)CC1. The van der Waals surface area contributed by atoms with Gasteiger partial charge < -0.3 is 9.80 Å². The quantitative estimate of drug-likeness (QED) is 0.778. The Bertz CT molecular complexity index is 352. The second kappa shape index (κ2) is 10.8. The Balaban J connectivity index is 0.00000112. The predicted octanol–water partition coefficient (Wildman–Crippen LogP) is 3.60. The molecule has 0 radical (unpaired) electrons. The molecule has 0 aromatic heterocycles. The van der Waals surface area contributed by atoms with Gasteiger partial charge in [-0.05, 0) is 52.7 Å². The van der Waals surface area contributed by atoms with Crippen molar-refractivity contribution in [1.82, 2.24) is 9.80 Å². The fourth-order valence-corrected chi connectivity index (χ4v) is 3.09. The van der Waals surface area contributed by atoms with Crippen LogP contribution in [0.15, 0.2) is 0 Å². The number of nitrogens with zero attached hydrogens (tertiary/aromatic N) is 2. The van der Waals surface area contributed by atoms with Gasteiger partial charge >= 0.3 is 0 Å². The standard InChI is InChI=1S/C15H26N2O2.2C2H6/c1-12(18)15(2)6-10-17(11-7-15)14(19)13-4-8-16(3)9-5-13;2*1-2/h13H,4-11H2,1-3H3;2*1-2H3. The summed E-state index contributed by atoms with van der Waals surface area (Å²) in [5, 5.41) is 0. The van der Waals surface area contributed by atoms with Crippen LogP contribution in [-0.4, -0.2) is 54.7 Å². The molecule has 136 valence electrons. The van der Waals surface area contributed by atoms with E-state index in [1.807, 2.05) is 39.5 Å². The summed E-state index contributed by atoms with van der Waals surface area (Å²) in [5.41, 5.74) is -0.205. The van der Waals surface area contributed by atoms with E-state index in [1.54, 1.807) is 6.92 Å². The van der Waals surface area contributed by atoms with E-state index in [0.717, 1.165) is 51.9 Å². The van der Waals surface area contributed by atoms with Crippen LogP contribution in [0.1, 0.15) is 67.2 Å². The number of rotatable bonds is 2. The van der Waals surface area contributed by atoms with Crippen LogP contribution in [0.2, 0.25) is 0 Å². The first-order valence-corrected chi connectivity index (χ1v) is 9.41. The molecule has 2 aliphatic rings. The minimum Gasteiger partial charge on any atom is -0.342 e. The van der Waals surface area contributed by atoms with E-state index in [1.165, 1.54) is 0 Å². The van der Waals surface area contributed by atoms with E-state index in [-0.39, 0.29) is 17.1 Å². The number of carbonyl (C=O) groups excluding carboxylic acids is 2. The maximum atomic E-state index is 12.5. The van der Waals surface area contributed by atoms with Gasteiger partial charge in [0, 0.05) is 24.4 Å². The smallest absolute Gasteiger partial charge is 0.225 e. The summed E-state index contributed by atoms with van der Waals surface area (Å²) in [6, 6.07) is 0. The maximum Gasteiger partial charge on any atom is 0.225 e. The van der Waals surface area contributed by atoms with Gasteiger partial charge in [-0.1, -0.05) is 34.6 Å². The van der Waals surface area contributed by atoms with E-state index >= 15 is 0 Å². The highest BCUT2D eigenvalue weighted by Crippen LogP contribution is 2.32. The maximum absolute atomic E-state index is 12.5. The van der Waals surface area contributed by atoms with Gasteiger partial charge in [-0.2, -0.15) is 0 Å². The summed E-state index contributed by atoms with van der Waals surface area (Å²) < 4.78 is 0. The van der Waals surface area contributed by atoms with E-state index in [9.17, 15) is 9.59 Å². The molecular formula is C19H38N2O2.